The van der Waals surface area contributed by atoms with Gasteiger partial charge in [-0.3, -0.25) is 4.79 Å². The Morgan fingerprint density at radius 2 is 1.78 bits per heavy atom. The third kappa shape index (κ3) is 5.27. The number of amides is 2. The minimum atomic E-state index is -3.53. The number of carbonyl (C=O) groups is 3. The Balaban J connectivity index is 0.00000114. The van der Waals surface area contributed by atoms with Crippen LogP contribution >= 0.6 is 0 Å². The summed E-state index contributed by atoms with van der Waals surface area (Å²) in [5.74, 6) is -3.41. The number of hydrogen-bond acceptors (Lipinski definition) is 8. The first-order chi connectivity index (χ1) is 12.2. The van der Waals surface area contributed by atoms with Crippen LogP contribution in [0.3, 0.4) is 0 Å². The molecular formula is C15H22N2O9S. The molecule has 0 aromatic carbocycles. The number of sulfone groups is 1. The van der Waals surface area contributed by atoms with Crippen molar-refractivity contribution >= 4 is 34.0 Å². The number of hydrogen-bond donors (Lipinski definition) is 3. The molecule has 0 aromatic heterocycles. The van der Waals surface area contributed by atoms with Crippen molar-refractivity contribution in [2.45, 2.75) is 56.5 Å². The van der Waals surface area contributed by atoms with Gasteiger partial charge in [0.15, 0.2) is 15.4 Å². The highest BCUT2D eigenvalue weighted by molar-refractivity contribution is 7.92. The average Bonchev–Trinajstić information content (AvgIpc) is 3.22. The highest BCUT2D eigenvalue weighted by atomic mass is 32.2. The Labute approximate surface area is 155 Å². The van der Waals surface area contributed by atoms with E-state index in [-0.39, 0.29) is 12.6 Å². The van der Waals surface area contributed by atoms with Crippen LogP contribution in [-0.4, -0.2) is 65.8 Å². The molecule has 27 heavy (non-hydrogen) atoms. The zero-order valence-electron chi connectivity index (χ0n) is 15.3. The number of carboxylic acid groups (broad SMARTS) is 1. The molecular weight excluding hydrogens is 384 g/mol. The summed E-state index contributed by atoms with van der Waals surface area (Å²) < 4.78 is 28.8. The molecule has 0 aromatic rings. The summed E-state index contributed by atoms with van der Waals surface area (Å²) in [4.78, 5) is 51.8. The van der Waals surface area contributed by atoms with E-state index >= 15 is 0 Å². The molecule has 3 N–H and O–H groups in total. The molecule has 0 spiro atoms. The van der Waals surface area contributed by atoms with Gasteiger partial charge < -0.3 is 20.5 Å². The summed E-state index contributed by atoms with van der Waals surface area (Å²) in [6, 6.07) is -1.07. The molecule has 0 radical (unpaired) electrons. The van der Waals surface area contributed by atoms with E-state index in [1.54, 1.807) is 20.8 Å². The molecule has 4 atom stereocenters. The Morgan fingerprint density at radius 1 is 1.26 bits per heavy atom. The van der Waals surface area contributed by atoms with E-state index in [2.05, 4.69) is 10.6 Å². The van der Waals surface area contributed by atoms with Crippen molar-refractivity contribution in [2.24, 2.45) is 5.92 Å². The first-order valence-corrected chi connectivity index (χ1v) is 9.67. The molecule has 2 amide bonds. The summed E-state index contributed by atoms with van der Waals surface area (Å²) >= 11 is 0. The molecule has 1 aliphatic heterocycles. The van der Waals surface area contributed by atoms with Gasteiger partial charge >= 0.3 is 18.2 Å². The van der Waals surface area contributed by atoms with Crippen molar-refractivity contribution in [3.05, 3.63) is 0 Å². The van der Waals surface area contributed by atoms with E-state index in [1.165, 1.54) is 6.92 Å². The number of ether oxygens (including phenoxy) is 1. The molecule has 2 fully saturated rings. The zero-order valence-corrected chi connectivity index (χ0v) is 16.1. The largest absolute Gasteiger partial charge is 0.479 e. The third-order valence-electron chi connectivity index (χ3n) is 4.11. The lowest BCUT2D eigenvalue weighted by Gasteiger charge is -2.28. The fourth-order valence-corrected chi connectivity index (χ4v) is 5.39. The maximum atomic E-state index is 12.2. The van der Waals surface area contributed by atoms with Gasteiger partial charge in [0, 0.05) is 5.92 Å². The van der Waals surface area contributed by atoms with E-state index in [0.29, 0.717) is 0 Å². The number of rotatable bonds is 4. The summed E-state index contributed by atoms with van der Waals surface area (Å²) in [6.07, 6.45) is -0.346. The molecule has 1 saturated carbocycles. The molecule has 2 aliphatic rings. The van der Waals surface area contributed by atoms with Crippen LogP contribution in [0.2, 0.25) is 0 Å². The van der Waals surface area contributed by atoms with Crippen molar-refractivity contribution in [1.82, 2.24) is 10.6 Å². The molecule has 1 aliphatic carbocycles. The van der Waals surface area contributed by atoms with Crippen LogP contribution in [0.15, 0.2) is 0 Å². The van der Waals surface area contributed by atoms with Gasteiger partial charge in [-0.2, -0.15) is 9.59 Å². The summed E-state index contributed by atoms with van der Waals surface area (Å²) in [5, 5.41) is 13.4. The molecule has 0 bridgehead atoms. The number of carbonyl (C=O) groups excluding carboxylic acids is 4. The van der Waals surface area contributed by atoms with Crippen molar-refractivity contribution in [3.63, 3.8) is 0 Å². The molecule has 12 heteroatoms. The fourth-order valence-electron chi connectivity index (χ4n) is 2.90. The van der Waals surface area contributed by atoms with Crippen LogP contribution in [0.1, 0.15) is 34.1 Å². The monoisotopic (exact) mass is 406 g/mol. The second-order valence-electron chi connectivity index (χ2n) is 7.40. The van der Waals surface area contributed by atoms with Gasteiger partial charge in [-0.15, -0.1) is 0 Å². The van der Waals surface area contributed by atoms with Crippen molar-refractivity contribution < 1.29 is 42.2 Å². The Bertz CT molecular complexity index is 765. The Kier molecular flexibility index (Phi) is 6.40. The molecule has 152 valence electrons. The van der Waals surface area contributed by atoms with Gasteiger partial charge in [-0.1, -0.05) is 0 Å². The van der Waals surface area contributed by atoms with Crippen LogP contribution < -0.4 is 10.6 Å². The maximum Gasteiger partial charge on any atom is 0.408 e. The number of carboxylic acids is 1. The van der Waals surface area contributed by atoms with Crippen molar-refractivity contribution in [1.29, 1.82) is 0 Å². The van der Waals surface area contributed by atoms with Crippen LogP contribution in [-0.2, 0) is 33.8 Å². The number of alkyl carbamates (subject to hydrolysis) is 1. The van der Waals surface area contributed by atoms with Crippen molar-refractivity contribution in [3.8, 4) is 0 Å². The second-order valence-corrected chi connectivity index (χ2v) is 9.62. The second kappa shape index (κ2) is 7.65. The minimum absolute atomic E-state index is 0.225. The molecule has 11 nitrogen and oxygen atoms in total. The average molecular weight is 406 g/mol. The molecule has 0 unspecified atom stereocenters. The Morgan fingerprint density at radius 3 is 2.11 bits per heavy atom. The molecule has 1 saturated heterocycles. The first-order valence-electron chi connectivity index (χ1n) is 7.96. The lowest BCUT2D eigenvalue weighted by Crippen LogP contribution is -2.61. The van der Waals surface area contributed by atoms with Gasteiger partial charge in [-0.25, -0.2) is 18.0 Å². The van der Waals surface area contributed by atoms with E-state index in [4.69, 9.17) is 14.3 Å². The third-order valence-corrected chi connectivity index (χ3v) is 6.41. The Hall–Kier alpha value is -2.46. The zero-order chi connectivity index (χ0) is 21.2. The predicted octanol–water partition coefficient (Wildman–Crippen LogP) is -0.927. The number of aliphatic carboxylic acids is 1. The molecule has 1 heterocycles. The quantitative estimate of drug-likeness (QED) is 0.533. The fraction of sp³-hybridized carbons (Fsp3) is 0.733. The highest BCUT2D eigenvalue weighted by Gasteiger charge is 2.70. The van der Waals surface area contributed by atoms with Crippen LogP contribution in [0.25, 0.3) is 0 Å². The minimum Gasteiger partial charge on any atom is -0.479 e. The topological polar surface area (TPSA) is 173 Å². The highest BCUT2D eigenvalue weighted by Crippen LogP contribution is 2.52. The number of fused-ring (bicyclic) bond motifs is 1. The number of nitrogens with one attached hydrogen (secondary N) is 2. The lowest BCUT2D eigenvalue weighted by atomic mass is 9.95. The van der Waals surface area contributed by atoms with E-state index < -0.39 is 61.9 Å². The lowest BCUT2D eigenvalue weighted by molar-refractivity contribution is -0.191. The van der Waals surface area contributed by atoms with Gasteiger partial charge in [0.1, 0.15) is 11.6 Å². The van der Waals surface area contributed by atoms with Crippen LogP contribution in [0.5, 0.6) is 0 Å². The predicted molar refractivity (Wildman–Crippen MR) is 88.0 cm³/mol. The SMILES string of the molecule is C[C@H](NC(=O)OC(C)(C)C)C(=O)N[C@@]1(C(=O)O)CS(=O)(=O)[C@H]2C[C@H]21.O=C=O. The van der Waals surface area contributed by atoms with Crippen LogP contribution in [0.4, 0.5) is 4.79 Å². The summed E-state index contributed by atoms with van der Waals surface area (Å²) in [7, 11) is -3.53. The standard InChI is InChI=1S/C14H22N2O7S.CO2/c1-7(15-12(20)23-13(2,3)4)10(17)16-14(11(18)19)6-24(21,22)9-5-8(9)14;2-1-3/h7-9H,5-6H2,1-4H3,(H,15,20)(H,16,17)(H,18,19);/t7-,8+,9-,14-;/m0./s1. The smallest absolute Gasteiger partial charge is 0.408 e. The van der Waals surface area contributed by atoms with Gasteiger partial charge in [-0.05, 0) is 34.1 Å². The van der Waals surface area contributed by atoms with E-state index in [1.807, 2.05) is 0 Å². The van der Waals surface area contributed by atoms with Crippen LogP contribution in [0, 0.1) is 5.92 Å². The normalized spacial score (nSPS) is 28.3. The first kappa shape index (κ1) is 22.6. The van der Waals surface area contributed by atoms with E-state index in [9.17, 15) is 27.9 Å². The summed E-state index contributed by atoms with van der Waals surface area (Å²) in [6.45, 7) is 6.34. The van der Waals surface area contributed by atoms with Gasteiger partial charge in [0.25, 0.3) is 0 Å². The van der Waals surface area contributed by atoms with Crippen molar-refractivity contribution in [2.75, 3.05) is 5.75 Å². The maximum absolute atomic E-state index is 12.2. The van der Waals surface area contributed by atoms with Gasteiger partial charge in [0.05, 0.1) is 11.0 Å². The summed E-state index contributed by atoms with van der Waals surface area (Å²) in [5.41, 5.74) is -2.58. The molecule has 2 rings (SSSR count). The van der Waals surface area contributed by atoms with E-state index in [0.717, 1.165) is 0 Å². The van der Waals surface area contributed by atoms with Gasteiger partial charge in [0.2, 0.25) is 5.91 Å².